The third-order valence-corrected chi connectivity index (χ3v) is 4.70. The lowest BCUT2D eigenvalue weighted by Gasteiger charge is -2.18. The second kappa shape index (κ2) is 12.7. The molecular weight excluding hydrogens is 434 g/mol. The summed E-state index contributed by atoms with van der Waals surface area (Å²) in [5, 5.41) is 14.4. The van der Waals surface area contributed by atoms with Gasteiger partial charge in [-0.3, -0.25) is 10.1 Å². The Morgan fingerprint density at radius 1 is 0.971 bits per heavy atom. The van der Waals surface area contributed by atoms with Crippen molar-refractivity contribution in [2.24, 2.45) is 0 Å². The third kappa shape index (κ3) is 7.68. The van der Waals surface area contributed by atoms with Gasteiger partial charge in [0.15, 0.2) is 0 Å². The molecule has 3 aromatic rings. The lowest BCUT2D eigenvalue weighted by atomic mass is 10.1. The molecule has 0 aliphatic carbocycles. The summed E-state index contributed by atoms with van der Waals surface area (Å²) in [4.78, 5) is 24.8. The molecule has 0 bridgehead atoms. The summed E-state index contributed by atoms with van der Waals surface area (Å²) in [5.41, 5.74) is 8.11. The second-order valence-corrected chi connectivity index (χ2v) is 7.24. The highest BCUT2D eigenvalue weighted by molar-refractivity contribution is 6.01. The Balaban J connectivity index is 1.70. The van der Waals surface area contributed by atoms with Gasteiger partial charge in [0.1, 0.15) is 18.5 Å². The van der Waals surface area contributed by atoms with Crippen LogP contribution in [0.3, 0.4) is 0 Å². The number of hydrogen-bond acceptors (Lipinski definition) is 6. The van der Waals surface area contributed by atoms with Crippen molar-refractivity contribution >= 4 is 29.1 Å². The summed E-state index contributed by atoms with van der Waals surface area (Å²) in [7, 11) is 0. The first kappa shape index (κ1) is 24.3. The van der Waals surface area contributed by atoms with E-state index >= 15 is 0 Å². The first-order valence-electron chi connectivity index (χ1n) is 10.7. The molecule has 0 heterocycles. The summed E-state index contributed by atoms with van der Waals surface area (Å²) in [6.07, 6.45) is 1.91. The van der Waals surface area contributed by atoms with Crippen molar-refractivity contribution in [2.45, 2.75) is 12.5 Å². The smallest absolute Gasteiger partial charge is 0.412 e. The molecule has 0 saturated carbocycles. The molecule has 176 valence electrons. The summed E-state index contributed by atoms with van der Waals surface area (Å²) >= 11 is 0. The minimum atomic E-state index is -0.688. The molecule has 0 radical (unpaired) electrons. The Morgan fingerprint density at radius 2 is 1.74 bits per heavy atom. The maximum absolute atomic E-state index is 12.5. The molecule has 0 spiro atoms. The summed E-state index contributed by atoms with van der Waals surface area (Å²) in [6.45, 7) is 0.0274. The van der Waals surface area contributed by atoms with E-state index in [-0.39, 0.29) is 25.5 Å². The van der Waals surface area contributed by atoms with E-state index in [2.05, 4.69) is 10.6 Å². The molecule has 0 aliphatic rings. The van der Waals surface area contributed by atoms with Crippen LogP contribution >= 0.6 is 0 Å². The molecule has 3 rings (SSSR count). The molecule has 0 fully saturated rings. The van der Waals surface area contributed by atoms with Crippen molar-refractivity contribution in [3.05, 3.63) is 96.6 Å². The van der Waals surface area contributed by atoms with Crippen LogP contribution in [0.5, 0.6) is 5.75 Å². The number of para-hydroxylation sites is 3. The number of nitrogen functional groups attached to an aromatic ring is 1. The van der Waals surface area contributed by atoms with Gasteiger partial charge in [-0.05, 0) is 48.0 Å². The molecule has 0 unspecified atom stereocenters. The van der Waals surface area contributed by atoms with Crippen molar-refractivity contribution in [1.82, 2.24) is 0 Å². The van der Waals surface area contributed by atoms with Crippen LogP contribution in [0, 0.1) is 0 Å². The molecule has 0 aliphatic heterocycles. The molecule has 8 heteroatoms. The average Bonchev–Trinajstić information content (AvgIpc) is 2.84. The second-order valence-electron chi connectivity index (χ2n) is 7.24. The zero-order chi connectivity index (χ0) is 24.2. The number of nitrogens with one attached hydrogen (secondary N) is 2. The van der Waals surface area contributed by atoms with Gasteiger partial charge in [0.05, 0.1) is 18.0 Å². The van der Waals surface area contributed by atoms with E-state index in [1.807, 2.05) is 6.07 Å². The maximum Gasteiger partial charge on any atom is 0.412 e. The van der Waals surface area contributed by atoms with E-state index in [9.17, 15) is 9.59 Å². The number of ether oxygens (including phenoxy) is 2. The highest BCUT2D eigenvalue weighted by Gasteiger charge is 2.17. The highest BCUT2D eigenvalue weighted by Crippen LogP contribution is 2.26. The van der Waals surface area contributed by atoms with Crippen LogP contribution in [-0.2, 0) is 9.53 Å². The van der Waals surface area contributed by atoms with Crippen LogP contribution in [0.25, 0.3) is 0 Å². The van der Waals surface area contributed by atoms with E-state index < -0.39 is 12.2 Å². The lowest BCUT2D eigenvalue weighted by Crippen LogP contribution is -2.17. The number of aliphatic hydroxyl groups is 1. The Morgan fingerprint density at radius 3 is 2.50 bits per heavy atom. The van der Waals surface area contributed by atoms with E-state index in [1.54, 1.807) is 78.9 Å². The van der Waals surface area contributed by atoms with Crippen molar-refractivity contribution in [1.29, 1.82) is 0 Å². The number of anilines is 3. The monoisotopic (exact) mass is 461 g/mol. The number of amides is 2. The van der Waals surface area contributed by atoms with Gasteiger partial charge in [-0.25, -0.2) is 4.79 Å². The Hall–Kier alpha value is -4.30. The van der Waals surface area contributed by atoms with Gasteiger partial charge in [0.25, 0.3) is 0 Å². The van der Waals surface area contributed by atoms with Crippen LogP contribution < -0.4 is 21.1 Å². The Bertz CT molecular complexity index is 1120. The number of aliphatic hydroxyl groups excluding tert-OH is 1. The van der Waals surface area contributed by atoms with E-state index in [1.165, 1.54) is 6.08 Å². The predicted octanol–water partition coefficient (Wildman–Crippen LogP) is 4.51. The zero-order valence-electron chi connectivity index (χ0n) is 18.5. The molecule has 0 aromatic heterocycles. The lowest BCUT2D eigenvalue weighted by molar-refractivity contribution is -0.111. The van der Waals surface area contributed by atoms with Crippen LogP contribution in [0.1, 0.15) is 18.1 Å². The minimum Gasteiger partial charge on any atom is -0.491 e. The molecule has 3 aromatic carbocycles. The topological polar surface area (TPSA) is 123 Å². The van der Waals surface area contributed by atoms with Gasteiger partial charge in [-0.1, -0.05) is 48.5 Å². The highest BCUT2D eigenvalue weighted by atomic mass is 16.6. The third-order valence-electron chi connectivity index (χ3n) is 4.70. The van der Waals surface area contributed by atoms with Crippen molar-refractivity contribution < 1.29 is 24.2 Å². The van der Waals surface area contributed by atoms with E-state index in [0.717, 1.165) is 0 Å². The number of benzene rings is 3. The van der Waals surface area contributed by atoms with Gasteiger partial charge in [0, 0.05) is 12.1 Å². The molecule has 2 amide bonds. The predicted molar refractivity (Wildman–Crippen MR) is 132 cm³/mol. The number of carbonyl (C=O) groups excluding carboxylic acids is 2. The van der Waals surface area contributed by atoms with Gasteiger partial charge in [-0.15, -0.1) is 0 Å². The van der Waals surface area contributed by atoms with E-state index in [4.69, 9.17) is 20.3 Å². The van der Waals surface area contributed by atoms with Gasteiger partial charge < -0.3 is 25.6 Å². The first-order valence-corrected chi connectivity index (χ1v) is 10.7. The van der Waals surface area contributed by atoms with Crippen LogP contribution in [-0.4, -0.2) is 30.3 Å². The Labute approximate surface area is 198 Å². The maximum atomic E-state index is 12.5. The number of rotatable bonds is 10. The van der Waals surface area contributed by atoms with Crippen LogP contribution in [0.15, 0.2) is 91.0 Å². The molecular formula is C26H27N3O5. The molecule has 34 heavy (non-hydrogen) atoms. The SMILES string of the molecule is Nc1ccccc1NC(=O)/C=C/C[C@H](OC(=O)Nc1ccccc1)c1cccc(OCCO)c1. The van der Waals surface area contributed by atoms with E-state index in [0.29, 0.717) is 28.4 Å². The number of carbonyl (C=O) groups is 2. The molecule has 5 N–H and O–H groups in total. The fraction of sp³-hybridized carbons (Fsp3) is 0.154. The van der Waals surface area contributed by atoms with Gasteiger partial charge >= 0.3 is 6.09 Å². The summed E-state index contributed by atoms with van der Waals surface area (Å²) < 4.78 is 11.1. The van der Waals surface area contributed by atoms with Crippen LogP contribution in [0.4, 0.5) is 21.9 Å². The van der Waals surface area contributed by atoms with Crippen LogP contribution in [0.2, 0.25) is 0 Å². The average molecular weight is 462 g/mol. The van der Waals surface area contributed by atoms with Crippen molar-refractivity contribution in [2.75, 3.05) is 29.6 Å². The fourth-order valence-corrected chi connectivity index (χ4v) is 3.10. The van der Waals surface area contributed by atoms with Gasteiger partial charge in [-0.2, -0.15) is 0 Å². The molecule has 8 nitrogen and oxygen atoms in total. The van der Waals surface area contributed by atoms with Crippen molar-refractivity contribution in [3.63, 3.8) is 0 Å². The minimum absolute atomic E-state index is 0.118. The molecule has 0 saturated heterocycles. The largest absolute Gasteiger partial charge is 0.491 e. The van der Waals surface area contributed by atoms with Crippen molar-refractivity contribution in [3.8, 4) is 5.75 Å². The summed E-state index contributed by atoms with van der Waals surface area (Å²) in [5.74, 6) is 0.176. The quantitative estimate of drug-likeness (QED) is 0.260. The number of hydrogen-bond donors (Lipinski definition) is 4. The first-order chi connectivity index (χ1) is 16.5. The van der Waals surface area contributed by atoms with Gasteiger partial charge in [0.2, 0.25) is 5.91 Å². The zero-order valence-corrected chi connectivity index (χ0v) is 18.5. The normalized spacial score (nSPS) is 11.6. The molecule has 1 atom stereocenters. The standard InChI is InChI=1S/C26H27N3O5/c27-22-12-4-5-13-23(22)29-25(31)15-7-14-24(19-8-6-11-21(18-19)33-17-16-30)34-26(32)28-20-9-2-1-3-10-20/h1-13,15,18,24,30H,14,16-17,27H2,(H,28,32)(H,29,31)/b15-7+/t24-/m0/s1. The number of nitrogens with two attached hydrogens (primary N) is 1. The Kier molecular flexibility index (Phi) is 9.07. The fourth-order valence-electron chi connectivity index (χ4n) is 3.10. The summed E-state index contributed by atoms with van der Waals surface area (Å²) in [6, 6.07) is 22.9.